The molecule has 0 aliphatic carbocycles. The van der Waals surface area contributed by atoms with E-state index in [4.69, 9.17) is 0 Å². The Morgan fingerprint density at radius 2 is 2.04 bits per heavy atom. The molecule has 3 atom stereocenters. The molecule has 2 heterocycles. The maximum absolute atomic E-state index is 12.8. The van der Waals surface area contributed by atoms with Crippen molar-refractivity contribution in [2.75, 3.05) is 7.05 Å². The summed E-state index contributed by atoms with van der Waals surface area (Å²) in [5, 5.41) is 4.26. The number of hydrazine groups is 1. The summed E-state index contributed by atoms with van der Waals surface area (Å²) in [4.78, 5) is 14.6. The Kier molecular flexibility index (Phi) is 4.69. The molecule has 6 heteroatoms. The highest BCUT2D eigenvalue weighted by Gasteiger charge is 2.33. The quantitative estimate of drug-likeness (QED) is 0.899. The summed E-state index contributed by atoms with van der Waals surface area (Å²) in [6.45, 7) is 3.95. The molecule has 2 aromatic rings. The SMILES string of the molecule is Cc1nn(C)cc1C(=O)N(C)C(C)C1CC(c2ccccc2)NN1. The molecule has 3 rings (SSSR count). The van der Waals surface area contributed by atoms with Gasteiger partial charge in [-0.25, -0.2) is 5.43 Å². The van der Waals surface area contributed by atoms with Gasteiger partial charge in [-0.3, -0.25) is 14.9 Å². The predicted octanol–water partition coefficient (Wildman–Crippen LogP) is 1.80. The highest BCUT2D eigenvalue weighted by molar-refractivity contribution is 5.95. The number of nitrogens with one attached hydrogen (secondary N) is 2. The van der Waals surface area contributed by atoms with Crippen molar-refractivity contribution in [2.45, 2.75) is 38.4 Å². The van der Waals surface area contributed by atoms with Crippen molar-refractivity contribution in [2.24, 2.45) is 7.05 Å². The van der Waals surface area contributed by atoms with Crippen LogP contribution in [-0.2, 0) is 7.05 Å². The minimum Gasteiger partial charge on any atom is -0.337 e. The Morgan fingerprint density at radius 3 is 2.67 bits per heavy atom. The van der Waals surface area contributed by atoms with Crippen LogP contribution in [-0.4, -0.2) is 39.7 Å². The summed E-state index contributed by atoms with van der Waals surface area (Å²) >= 11 is 0. The second-order valence-electron chi connectivity index (χ2n) is 6.55. The van der Waals surface area contributed by atoms with Gasteiger partial charge in [0.25, 0.3) is 5.91 Å². The summed E-state index contributed by atoms with van der Waals surface area (Å²) in [5.41, 5.74) is 9.39. The van der Waals surface area contributed by atoms with E-state index in [9.17, 15) is 4.79 Å². The van der Waals surface area contributed by atoms with E-state index in [1.165, 1.54) is 5.56 Å². The van der Waals surface area contributed by atoms with E-state index in [0.29, 0.717) is 5.56 Å². The lowest BCUT2D eigenvalue weighted by Crippen LogP contribution is -2.48. The molecule has 0 spiro atoms. The second kappa shape index (κ2) is 6.75. The minimum absolute atomic E-state index is 0.0121. The topological polar surface area (TPSA) is 62.2 Å². The molecular formula is C18H25N5O. The maximum atomic E-state index is 12.8. The summed E-state index contributed by atoms with van der Waals surface area (Å²) in [7, 11) is 3.69. The second-order valence-corrected chi connectivity index (χ2v) is 6.55. The molecular weight excluding hydrogens is 302 g/mol. The number of likely N-dealkylation sites (N-methyl/N-ethyl adjacent to an activating group) is 1. The van der Waals surface area contributed by atoms with Crippen LogP contribution >= 0.6 is 0 Å². The van der Waals surface area contributed by atoms with Gasteiger partial charge in [0, 0.05) is 38.4 Å². The molecule has 6 nitrogen and oxygen atoms in total. The van der Waals surface area contributed by atoms with Crippen molar-refractivity contribution in [1.29, 1.82) is 0 Å². The average molecular weight is 327 g/mol. The lowest BCUT2D eigenvalue weighted by Gasteiger charge is -2.29. The lowest BCUT2D eigenvalue weighted by molar-refractivity contribution is 0.0714. The largest absolute Gasteiger partial charge is 0.337 e. The zero-order valence-corrected chi connectivity index (χ0v) is 14.7. The van der Waals surface area contributed by atoms with Crippen molar-refractivity contribution >= 4 is 5.91 Å². The molecule has 2 N–H and O–H groups in total. The summed E-state index contributed by atoms with van der Waals surface area (Å²) in [5.74, 6) is 0.0121. The van der Waals surface area contributed by atoms with E-state index in [1.807, 2.05) is 27.1 Å². The van der Waals surface area contributed by atoms with Crippen molar-refractivity contribution in [3.05, 3.63) is 53.3 Å². The number of nitrogens with zero attached hydrogens (tertiary/aromatic N) is 3. The Balaban J connectivity index is 1.67. The molecule has 1 saturated heterocycles. The molecule has 3 unspecified atom stereocenters. The Labute approximate surface area is 142 Å². The van der Waals surface area contributed by atoms with Gasteiger partial charge < -0.3 is 4.90 Å². The number of amides is 1. The fraction of sp³-hybridized carbons (Fsp3) is 0.444. The molecule has 0 bridgehead atoms. The molecule has 0 saturated carbocycles. The van der Waals surface area contributed by atoms with Gasteiger partial charge in [0.05, 0.1) is 11.3 Å². The van der Waals surface area contributed by atoms with Crippen LogP contribution in [0.1, 0.15) is 41.0 Å². The number of aromatic nitrogens is 2. The Morgan fingerprint density at radius 1 is 1.33 bits per heavy atom. The first-order chi connectivity index (χ1) is 11.5. The smallest absolute Gasteiger partial charge is 0.257 e. The van der Waals surface area contributed by atoms with Crippen LogP contribution in [0.3, 0.4) is 0 Å². The third kappa shape index (κ3) is 3.20. The van der Waals surface area contributed by atoms with Gasteiger partial charge in [0.1, 0.15) is 0 Å². The van der Waals surface area contributed by atoms with Crippen LogP contribution < -0.4 is 10.9 Å². The molecule has 128 valence electrons. The maximum Gasteiger partial charge on any atom is 0.257 e. The number of hydrogen-bond donors (Lipinski definition) is 2. The molecule has 0 radical (unpaired) electrons. The lowest BCUT2D eigenvalue weighted by atomic mass is 9.98. The van der Waals surface area contributed by atoms with Gasteiger partial charge in [-0.05, 0) is 25.8 Å². The number of hydrogen-bond acceptors (Lipinski definition) is 4. The molecule has 1 aromatic carbocycles. The predicted molar refractivity (Wildman–Crippen MR) is 93.4 cm³/mol. The van der Waals surface area contributed by atoms with Crippen molar-refractivity contribution in [3.63, 3.8) is 0 Å². The minimum atomic E-state index is 0.0121. The van der Waals surface area contributed by atoms with Gasteiger partial charge in [-0.2, -0.15) is 5.10 Å². The van der Waals surface area contributed by atoms with Crippen LogP contribution in [0.4, 0.5) is 0 Å². The van der Waals surface area contributed by atoms with E-state index in [0.717, 1.165) is 12.1 Å². The first-order valence-electron chi connectivity index (χ1n) is 8.30. The zero-order valence-electron chi connectivity index (χ0n) is 14.7. The van der Waals surface area contributed by atoms with E-state index in [2.05, 4.69) is 47.1 Å². The fourth-order valence-electron chi connectivity index (χ4n) is 3.26. The van der Waals surface area contributed by atoms with Crippen LogP contribution in [0.2, 0.25) is 0 Å². The number of aryl methyl sites for hydroxylation is 2. The summed E-state index contributed by atoms with van der Waals surface area (Å²) in [6, 6.07) is 10.9. The van der Waals surface area contributed by atoms with Crippen LogP contribution in [0.15, 0.2) is 36.5 Å². The standard InChI is InChI=1S/C18H25N5O/c1-12-15(11-22(3)21-12)18(24)23(4)13(2)16-10-17(20-19-16)14-8-6-5-7-9-14/h5-9,11,13,16-17,19-20H,10H2,1-4H3. The first kappa shape index (κ1) is 16.7. The number of carbonyl (C=O) groups is 1. The highest BCUT2D eigenvalue weighted by Crippen LogP contribution is 2.25. The van der Waals surface area contributed by atoms with Gasteiger partial charge in [-0.1, -0.05) is 30.3 Å². The van der Waals surface area contributed by atoms with Crippen LogP contribution in [0, 0.1) is 6.92 Å². The third-order valence-corrected chi connectivity index (χ3v) is 4.89. The first-order valence-corrected chi connectivity index (χ1v) is 8.30. The van der Waals surface area contributed by atoms with Gasteiger partial charge in [-0.15, -0.1) is 0 Å². The van der Waals surface area contributed by atoms with Crippen molar-refractivity contribution in [3.8, 4) is 0 Å². The van der Waals surface area contributed by atoms with Crippen molar-refractivity contribution in [1.82, 2.24) is 25.5 Å². The summed E-state index contributed by atoms with van der Waals surface area (Å²) < 4.78 is 1.68. The normalized spacial score (nSPS) is 21.7. The van der Waals surface area contributed by atoms with E-state index in [-0.39, 0.29) is 24.0 Å². The molecule has 1 amide bonds. The van der Waals surface area contributed by atoms with Gasteiger partial charge in [0.15, 0.2) is 0 Å². The molecule has 1 aliphatic rings. The molecule has 24 heavy (non-hydrogen) atoms. The number of rotatable bonds is 4. The zero-order chi connectivity index (χ0) is 17.3. The monoisotopic (exact) mass is 327 g/mol. The van der Waals surface area contributed by atoms with Crippen LogP contribution in [0.5, 0.6) is 0 Å². The molecule has 1 aliphatic heterocycles. The fourth-order valence-corrected chi connectivity index (χ4v) is 3.26. The number of benzene rings is 1. The third-order valence-electron chi connectivity index (χ3n) is 4.89. The van der Waals surface area contributed by atoms with E-state index in [1.54, 1.807) is 15.8 Å². The average Bonchev–Trinajstić information content (AvgIpc) is 3.20. The molecule has 1 fully saturated rings. The van der Waals surface area contributed by atoms with Gasteiger partial charge >= 0.3 is 0 Å². The summed E-state index contributed by atoms with van der Waals surface area (Å²) in [6.07, 6.45) is 2.73. The van der Waals surface area contributed by atoms with Crippen LogP contribution in [0.25, 0.3) is 0 Å². The molecule has 1 aromatic heterocycles. The number of carbonyl (C=O) groups excluding carboxylic acids is 1. The van der Waals surface area contributed by atoms with Crippen molar-refractivity contribution < 1.29 is 4.79 Å². The Hall–Kier alpha value is -2.18. The van der Waals surface area contributed by atoms with E-state index < -0.39 is 0 Å². The van der Waals surface area contributed by atoms with Gasteiger partial charge in [0.2, 0.25) is 0 Å². The highest BCUT2D eigenvalue weighted by atomic mass is 16.2. The van der Waals surface area contributed by atoms with E-state index >= 15 is 0 Å². The Bertz CT molecular complexity index is 711.